The first-order valence-corrected chi connectivity index (χ1v) is 9.48. The molecule has 1 unspecified atom stereocenters. The van der Waals surface area contributed by atoms with Gasteiger partial charge in [-0.2, -0.15) is 0 Å². The predicted octanol–water partition coefficient (Wildman–Crippen LogP) is 3.29. The van der Waals surface area contributed by atoms with Crippen molar-refractivity contribution in [2.24, 2.45) is 5.14 Å². The maximum absolute atomic E-state index is 12.1. The lowest BCUT2D eigenvalue weighted by Crippen LogP contribution is -2.31. The summed E-state index contributed by atoms with van der Waals surface area (Å²) < 4.78 is 23.4. The quantitative estimate of drug-likeness (QED) is 0.718. The molecule has 0 aliphatic carbocycles. The van der Waals surface area contributed by atoms with Gasteiger partial charge in [0.1, 0.15) is 0 Å². The van der Waals surface area contributed by atoms with E-state index in [4.69, 9.17) is 5.14 Å². The zero-order valence-corrected chi connectivity index (χ0v) is 15.6. The highest BCUT2D eigenvalue weighted by Crippen LogP contribution is 2.23. The van der Waals surface area contributed by atoms with E-state index in [1.54, 1.807) is 19.1 Å². The standard InChI is InChI=1S/C16H18BrN3O3S/c1-10-14(17)4-3-5-15(10)20-16(21)19-11(2)12-6-8-13(9-7-12)24(18,22)23/h3-9,11H,1-2H3,(H2,18,22,23)(H2,19,20,21). The van der Waals surface area contributed by atoms with Crippen molar-refractivity contribution in [2.75, 3.05) is 5.32 Å². The molecule has 24 heavy (non-hydrogen) atoms. The maximum atomic E-state index is 12.1. The fraction of sp³-hybridized carbons (Fsp3) is 0.188. The molecule has 0 aliphatic rings. The molecule has 0 aliphatic heterocycles. The monoisotopic (exact) mass is 411 g/mol. The molecule has 6 nitrogen and oxygen atoms in total. The Hall–Kier alpha value is -1.90. The first-order chi connectivity index (χ1) is 11.2. The van der Waals surface area contributed by atoms with Gasteiger partial charge in [-0.15, -0.1) is 0 Å². The van der Waals surface area contributed by atoms with E-state index in [-0.39, 0.29) is 17.0 Å². The largest absolute Gasteiger partial charge is 0.331 e. The molecule has 0 radical (unpaired) electrons. The molecule has 2 aromatic rings. The molecule has 0 heterocycles. The van der Waals surface area contributed by atoms with Gasteiger partial charge in [0, 0.05) is 10.2 Å². The van der Waals surface area contributed by atoms with E-state index in [0.717, 1.165) is 15.6 Å². The summed E-state index contributed by atoms with van der Waals surface area (Å²) in [6.45, 7) is 3.70. The molecule has 0 bridgehead atoms. The third-order valence-corrected chi connectivity index (χ3v) is 5.36. The molecule has 4 N–H and O–H groups in total. The molecule has 2 amide bonds. The van der Waals surface area contributed by atoms with E-state index in [1.807, 2.05) is 25.1 Å². The summed E-state index contributed by atoms with van der Waals surface area (Å²) in [5.41, 5.74) is 2.40. The van der Waals surface area contributed by atoms with Crippen LogP contribution in [0.2, 0.25) is 0 Å². The van der Waals surface area contributed by atoms with Crippen molar-refractivity contribution in [3.8, 4) is 0 Å². The number of amides is 2. The molecular formula is C16H18BrN3O3S. The van der Waals surface area contributed by atoms with Gasteiger partial charge in [0.15, 0.2) is 0 Å². The fourth-order valence-corrected chi connectivity index (χ4v) is 3.01. The van der Waals surface area contributed by atoms with Gasteiger partial charge in [-0.05, 0) is 49.2 Å². The maximum Gasteiger partial charge on any atom is 0.319 e. The summed E-state index contributed by atoms with van der Waals surface area (Å²) >= 11 is 3.42. The average molecular weight is 412 g/mol. The lowest BCUT2D eigenvalue weighted by molar-refractivity contribution is 0.249. The summed E-state index contributed by atoms with van der Waals surface area (Å²) in [6.07, 6.45) is 0. The summed E-state index contributed by atoms with van der Waals surface area (Å²) in [7, 11) is -3.72. The Morgan fingerprint density at radius 1 is 1.17 bits per heavy atom. The van der Waals surface area contributed by atoms with Gasteiger partial charge < -0.3 is 10.6 Å². The van der Waals surface area contributed by atoms with Crippen LogP contribution in [-0.2, 0) is 10.0 Å². The van der Waals surface area contributed by atoms with E-state index in [2.05, 4.69) is 26.6 Å². The zero-order valence-electron chi connectivity index (χ0n) is 13.2. The van der Waals surface area contributed by atoms with Crippen molar-refractivity contribution >= 4 is 37.7 Å². The van der Waals surface area contributed by atoms with Crippen LogP contribution in [0.15, 0.2) is 51.8 Å². The van der Waals surface area contributed by atoms with Crippen LogP contribution in [0.5, 0.6) is 0 Å². The minimum atomic E-state index is -3.72. The highest BCUT2D eigenvalue weighted by Gasteiger charge is 2.13. The van der Waals surface area contributed by atoms with Gasteiger partial charge in [0.25, 0.3) is 0 Å². The number of hydrogen-bond donors (Lipinski definition) is 3. The van der Waals surface area contributed by atoms with Crippen molar-refractivity contribution < 1.29 is 13.2 Å². The molecule has 8 heteroatoms. The van der Waals surface area contributed by atoms with Crippen molar-refractivity contribution in [1.29, 1.82) is 0 Å². The third kappa shape index (κ3) is 4.56. The van der Waals surface area contributed by atoms with Crippen LogP contribution in [0.3, 0.4) is 0 Å². The minimum absolute atomic E-state index is 0.0349. The normalized spacial score (nSPS) is 12.5. The Morgan fingerprint density at radius 2 is 1.79 bits per heavy atom. The summed E-state index contributed by atoms with van der Waals surface area (Å²) in [4.78, 5) is 12.2. The molecule has 0 saturated heterocycles. The topological polar surface area (TPSA) is 101 Å². The molecule has 0 spiro atoms. The van der Waals surface area contributed by atoms with Crippen LogP contribution >= 0.6 is 15.9 Å². The fourth-order valence-electron chi connectivity index (χ4n) is 2.13. The second-order valence-corrected chi connectivity index (χ2v) is 7.76. The summed E-state index contributed by atoms with van der Waals surface area (Å²) in [5, 5.41) is 10.7. The Morgan fingerprint density at radius 3 is 2.38 bits per heavy atom. The molecule has 0 aromatic heterocycles. The van der Waals surface area contributed by atoms with Crippen LogP contribution in [0.4, 0.5) is 10.5 Å². The number of sulfonamides is 1. The van der Waals surface area contributed by atoms with Gasteiger partial charge in [0.2, 0.25) is 10.0 Å². The van der Waals surface area contributed by atoms with Crippen molar-refractivity contribution in [3.05, 3.63) is 58.1 Å². The molecule has 2 rings (SSSR count). The van der Waals surface area contributed by atoms with Crippen LogP contribution in [0, 0.1) is 6.92 Å². The number of nitrogens with one attached hydrogen (secondary N) is 2. The van der Waals surface area contributed by atoms with E-state index in [1.165, 1.54) is 12.1 Å². The smallest absolute Gasteiger partial charge is 0.319 e. The van der Waals surface area contributed by atoms with Crippen molar-refractivity contribution in [2.45, 2.75) is 24.8 Å². The minimum Gasteiger partial charge on any atom is -0.331 e. The lowest BCUT2D eigenvalue weighted by Gasteiger charge is -2.16. The number of carbonyl (C=O) groups excluding carboxylic acids is 1. The van der Waals surface area contributed by atoms with E-state index < -0.39 is 10.0 Å². The molecule has 0 saturated carbocycles. The van der Waals surface area contributed by atoms with Crippen LogP contribution in [-0.4, -0.2) is 14.4 Å². The van der Waals surface area contributed by atoms with Gasteiger partial charge in [-0.3, -0.25) is 0 Å². The highest BCUT2D eigenvalue weighted by molar-refractivity contribution is 9.10. The van der Waals surface area contributed by atoms with Crippen molar-refractivity contribution in [1.82, 2.24) is 5.32 Å². The van der Waals surface area contributed by atoms with Crippen LogP contribution in [0.25, 0.3) is 0 Å². The Bertz CT molecular complexity index is 851. The molecule has 2 aromatic carbocycles. The first kappa shape index (κ1) is 18.4. The second kappa shape index (κ2) is 7.33. The molecule has 1 atom stereocenters. The van der Waals surface area contributed by atoms with Gasteiger partial charge in [-0.1, -0.05) is 34.1 Å². The number of primary sulfonamides is 1. The average Bonchev–Trinajstić information content (AvgIpc) is 2.51. The summed E-state index contributed by atoms with van der Waals surface area (Å²) in [5.74, 6) is 0. The first-order valence-electron chi connectivity index (χ1n) is 7.14. The highest BCUT2D eigenvalue weighted by atomic mass is 79.9. The number of nitrogens with two attached hydrogens (primary N) is 1. The molecule has 128 valence electrons. The Labute approximate surface area is 149 Å². The number of rotatable bonds is 4. The summed E-state index contributed by atoms with van der Waals surface area (Å²) in [6, 6.07) is 11.0. The van der Waals surface area contributed by atoms with Crippen molar-refractivity contribution in [3.63, 3.8) is 0 Å². The van der Waals surface area contributed by atoms with E-state index in [0.29, 0.717) is 5.69 Å². The molecular weight excluding hydrogens is 394 g/mol. The second-order valence-electron chi connectivity index (χ2n) is 5.35. The number of anilines is 1. The molecule has 0 fully saturated rings. The van der Waals surface area contributed by atoms with Gasteiger partial charge in [-0.25, -0.2) is 18.4 Å². The van der Waals surface area contributed by atoms with Gasteiger partial charge in [0.05, 0.1) is 10.9 Å². The Kier molecular flexibility index (Phi) is 5.63. The number of benzene rings is 2. The lowest BCUT2D eigenvalue weighted by atomic mass is 10.1. The Balaban J connectivity index is 2.05. The van der Waals surface area contributed by atoms with Crippen LogP contribution in [0.1, 0.15) is 24.1 Å². The number of carbonyl (C=O) groups is 1. The number of urea groups is 1. The van der Waals surface area contributed by atoms with Crippen LogP contribution < -0.4 is 15.8 Å². The zero-order chi connectivity index (χ0) is 17.9. The number of halogens is 1. The SMILES string of the molecule is Cc1c(Br)cccc1NC(=O)NC(C)c1ccc(S(N)(=O)=O)cc1. The number of hydrogen-bond acceptors (Lipinski definition) is 3. The van der Waals surface area contributed by atoms with E-state index in [9.17, 15) is 13.2 Å². The third-order valence-electron chi connectivity index (χ3n) is 3.57. The van der Waals surface area contributed by atoms with Gasteiger partial charge >= 0.3 is 6.03 Å². The van der Waals surface area contributed by atoms with E-state index >= 15 is 0 Å². The predicted molar refractivity (Wildman–Crippen MR) is 97.3 cm³/mol.